The van der Waals surface area contributed by atoms with Crippen molar-refractivity contribution in [2.24, 2.45) is 0 Å². The third kappa shape index (κ3) is 2.22. The maximum absolute atomic E-state index is 11.4. The van der Waals surface area contributed by atoms with E-state index in [0.29, 0.717) is 0 Å². The van der Waals surface area contributed by atoms with Crippen molar-refractivity contribution in [3.05, 3.63) is 12.0 Å². The monoisotopic (exact) mass is 224 g/mol. The first-order valence-electron chi connectivity index (χ1n) is 4.47. The standard InChI is InChI=1S/C8H12N6O2/c1-9-7(15)5-6(13-12-4-11-5)14(3)8(16)10-2/h4H,1-3H3,(H,9,15)(H,10,16). The first kappa shape index (κ1) is 11.8. The molecule has 0 aliphatic carbocycles. The number of nitrogens with zero attached hydrogens (tertiary/aromatic N) is 4. The molecule has 1 heterocycles. The van der Waals surface area contributed by atoms with Gasteiger partial charge in [0.25, 0.3) is 5.91 Å². The number of rotatable bonds is 2. The van der Waals surface area contributed by atoms with E-state index in [0.717, 1.165) is 11.2 Å². The van der Waals surface area contributed by atoms with Gasteiger partial charge in [-0.1, -0.05) is 0 Å². The maximum atomic E-state index is 11.4. The van der Waals surface area contributed by atoms with Crippen molar-refractivity contribution in [2.75, 3.05) is 26.0 Å². The van der Waals surface area contributed by atoms with Gasteiger partial charge in [0.15, 0.2) is 11.5 Å². The largest absolute Gasteiger partial charge is 0.354 e. The molecule has 0 aliphatic rings. The molecule has 3 amide bonds. The number of hydrogen-bond acceptors (Lipinski definition) is 5. The van der Waals surface area contributed by atoms with Gasteiger partial charge in [0.1, 0.15) is 6.33 Å². The maximum Gasteiger partial charge on any atom is 0.322 e. The van der Waals surface area contributed by atoms with Gasteiger partial charge in [-0.3, -0.25) is 9.69 Å². The fraction of sp³-hybridized carbons (Fsp3) is 0.375. The van der Waals surface area contributed by atoms with E-state index < -0.39 is 11.9 Å². The van der Waals surface area contributed by atoms with Crippen LogP contribution < -0.4 is 15.5 Å². The smallest absolute Gasteiger partial charge is 0.322 e. The van der Waals surface area contributed by atoms with E-state index in [-0.39, 0.29) is 11.5 Å². The van der Waals surface area contributed by atoms with Crippen LogP contribution in [-0.2, 0) is 0 Å². The molecular weight excluding hydrogens is 212 g/mol. The number of urea groups is 1. The predicted molar refractivity (Wildman–Crippen MR) is 56.1 cm³/mol. The van der Waals surface area contributed by atoms with E-state index in [9.17, 15) is 9.59 Å². The van der Waals surface area contributed by atoms with Gasteiger partial charge in [-0.25, -0.2) is 9.78 Å². The molecule has 86 valence electrons. The highest BCUT2D eigenvalue weighted by Crippen LogP contribution is 2.11. The number of hydrogen-bond donors (Lipinski definition) is 2. The minimum atomic E-state index is -0.430. The number of nitrogens with one attached hydrogen (secondary N) is 2. The van der Waals surface area contributed by atoms with Crippen molar-refractivity contribution < 1.29 is 9.59 Å². The van der Waals surface area contributed by atoms with Gasteiger partial charge in [-0.2, -0.15) is 0 Å². The van der Waals surface area contributed by atoms with Gasteiger partial charge in [0.05, 0.1) is 0 Å². The van der Waals surface area contributed by atoms with Crippen LogP contribution in [0.15, 0.2) is 6.33 Å². The Morgan fingerprint density at radius 3 is 2.56 bits per heavy atom. The Bertz CT molecular complexity index is 407. The van der Waals surface area contributed by atoms with Gasteiger partial charge in [-0.15, -0.1) is 10.2 Å². The summed E-state index contributed by atoms with van der Waals surface area (Å²) in [6, 6.07) is -0.410. The molecule has 0 radical (unpaired) electrons. The number of amides is 3. The summed E-state index contributed by atoms with van der Waals surface area (Å²) in [5.74, 6) is -0.332. The topological polar surface area (TPSA) is 100 Å². The van der Waals surface area contributed by atoms with Crippen molar-refractivity contribution >= 4 is 17.8 Å². The second-order valence-electron chi connectivity index (χ2n) is 2.83. The normalized spacial score (nSPS) is 9.44. The average molecular weight is 224 g/mol. The summed E-state index contributed by atoms with van der Waals surface area (Å²) in [5.41, 5.74) is 0.0450. The molecule has 0 aromatic carbocycles. The lowest BCUT2D eigenvalue weighted by atomic mass is 10.3. The van der Waals surface area contributed by atoms with Gasteiger partial charge in [0, 0.05) is 21.1 Å². The molecular formula is C8H12N6O2. The highest BCUT2D eigenvalue weighted by atomic mass is 16.2. The minimum Gasteiger partial charge on any atom is -0.354 e. The SMILES string of the molecule is CNC(=O)c1ncnnc1N(C)C(=O)NC. The number of carbonyl (C=O) groups excluding carboxylic acids is 2. The molecule has 0 unspecified atom stereocenters. The fourth-order valence-electron chi connectivity index (χ4n) is 1.04. The third-order valence-corrected chi connectivity index (χ3v) is 1.88. The van der Waals surface area contributed by atoms with E-state index in [1.807, 2.05) is 0 Å². The molecule has 1 aromatic heterocycles. The zero-order valence-corrected chi connectivity index (χ0v) is 9.18. The van der Waals surface area contributed by atoms with E-state index >= 15 is 0 Å². The molecule has 8 heteroatoms. The predicted octanol–water partition coefficient (Wildman–Crippen LogP) is -0.993. The highest BCUT2D eigenvalue weighted by Gasteiger charge is 2.20. The molecule has 16 heavy (non-hydrogen) atoms. The van der Waals surface area contributed by atoms with Gasteiger partial charge >= 0.3 is 6.03 Å². The van der Waals surface area contributed by atoms with E-state index in [2.05, 4.69) is 25.8 Å². The average Bonchev–Trinajstić information content (AvgIpc) is 2.35. The Balaban J connectivity index is 3.13. The van der Waals surface area contributed by atoms with Crippen LogP contribution in [0.25, 0.3) is 0 Å². The van der Waals surface area contributed by atoms with Crippen molar-refractivity contribution in [3.63, 3.8) is 0 Å². The zero-order chi connectivity index (χ0) is 12.1. The van der Waals surface area contributed by atoms with Crippen molar-refractivity contribution in [2.45, 2.75) is 0 Å². The van der Waals surface area contributed by atoms with Crippen LogP contribution in [0.3, 0.4) is 0 Å². The van der Waals surface area contributed by atoms with Crippen LogP contribution in [0.5, 0.6) is 0 Å². The lowest BCUT2D eigenvalue weighted by molar-refractivity contribution is 0.0958. The minimum absolute atomic E-state index is 0.0450. The second kappa shape index (κ2) is 5.01. The summed E-state index contributed by atoms with van der Waals surface area (Å²) >= 11 is 0. The molecule has 0 atom stereocenters. The number of carbonyl (C=O) groups is 2. The second-order valence-corrected chi connectivity index (χ2v) is 2.83. The fourth-order valence-corrected chi connectivity index (χ4v) is 1.04. The van der Waals surface area contributed by atoms with Crippen LogP contribution in [-0.4, -0.2) is 48.3 Å². The Labute approximate surface area is 92.1 Å². The Hall–Kier alpha value is -2.25. The molecule has 8 nitrogen and oxygen atoms in total. The molecule has 0 spiro atoms. The summed E-state index contributed by atoms with van der Waals surface area (Å²) in [4.78, 5) is 27.8. The summed E-state index contributed by atoms with van der Waals surface area (Å²) in [6.07, 6.45) is 1.14. The van der Waals surface area contributed by atoms with E-state index in [4.69, 9.17) is 0 Å². The first-order valence-corrected chi connectivity index (χ1v) is 4.47. The van der Waals surface area contributed by atoms with Crippen molar-refractivity contribution in [1.29, 1.82) is 0 Å². The first-order chi connectivity index (χ1) is 7.61. The molecule has 0 aliphatic heterocycles. The Kier molecular flexibility index (Phi) is 3.70. The van der Waals surface area contributed by atoms with Gasteiger partial charge < -0.3 is 10.6 Å². The quantitative estimate of drug-likeness (QED) is 0.671. The molecule has 0 bridgehead atoms. The van der Waals surface area contributed by atoms with Crippen molar-refractivity contribution in [3.8, 4) is 0 Å². The summed E-state index contributed by atoms with van der Waals surface area (Å²) in [5, 5.41) is 12.1. The molecule has 1 aromatic rings. The highest BCUT2D eigenvalue weighted by molar-refractivity contribution is 6.01. The van der Waals surface area contributed by atoms with Gasteiger partial charge in [-0.05, 0) is 0 Å². The molecule has 0 fully saturated rings. The molecule has 0 saturated carbocycles. The number of anilines is 1. The van der Waals surface area contributed by atoms with E-state index in [1.54, 1.807) is 0 Å². The third-order valence-electron chi connectivity index (χ3n) is 1.88. The van der Waals surface area contributed by atoms with Crippen molar-refractivity contribution in [1.82, 2.24) is 25.8 Å². The molecule has 1 rings (SSSR count). The summed E-state index contributed by atoms with van der Waals surface area (Å²) in [6.45, 7) is 0. The van der Waals surface area contributed by atoms with Crippen LogP contribution in [0, 0.1) is 0 Å². The van der Waals surface area contributed by atoms with Crippen LogP contribution in [0.4, 0.5) is 10.6 Å². The molecule has 0 saturated heterocycles. The van der Waals surface area contributed by atoms with Crippen LogP contribution in [0.2, 0.25) is 0 Å². The Morgan fingerprint density at radius 1 is 1.31 bits per heavy atom. The van der Waals surface area contributed by atoms with Gasteiger partial charge in [0.2, 0.25) is 0 Å². The summed E-state index contributed by atoms with van der Waals surface area (Å²) < 4.78 is 0. The Morgan fingerprint density at radius 2 is 2.00 bits per heavy atom. The molecule has 2 N–H and O–H groups in total. The van der Waals surface area contributed by atoms with E-state index in [1.165, 1.54) is 21.1 Å². The lowest BCUT2D eigenvalue weighted by Gasteiger charge is -2.16. The van der Waals surface area contributed by atoms with Crippen LogP contribution >= 0.6 is 0 Å². The summed E-state index contributed by atoms with van der Waals surface area (Å²) in [7, 11) is 4.41. The lowest BCUT2D eigenvalue weighted by Crippen LogP contribution is -2.37. The zero-order valence-electron chi connectivity index (χ0n) is 9.18. The van der Waals surface area contributed by atoms with Crippen LogP contribution in [0.1, 0.15) is 10.5 Å². The number of aromatic nitrogens is 3.